The molecule has 5 nitrogen and oxygen atoms in total. The Bertz CT molecular complexity index is 832. The third kappa shape index (κ3) is 4.81. The molecular formula is C21H29NO4. The molecule has 0 saturated heterocycles. The van der Waals surface area contributed by atoms with Gasteiger partial charge in [-0.15, -0.1) is 0 Å². The van der Waals surface area contributed by atoms with Crippen molar-refractivity contribution >= 4 is 10.9 Å². The molecule has 1 N–H and O–H groups in total. The summed E-state index contributed by atoms with van der Waals surface area (Å²) in [4.78, 5) is 12.5. The van der Waals surface area contributed by atoms with Gasteiger partial charge in [-0.1, -0.05) is 31.8 Å². The van der Waals surface area contributed by atoms with E-state index in [0.29, 0.717) is 23.3 Å². The zero-order valence-corrected chi connectivity index (χ0v) is 16.2. The molecule has 1 aromatic heterocycles. The number of hydrogen-bond acceptors (Lipinski definition) is 4. The van der Waals surface area contributed by atoms with Crippen molar-refractivity contribution < 1.29 is 14.6 Å². The second-order valence-electron chi connectivity index (χ2n) is 6.72. The number of allylic oxidation sites excluding steroid dienone is 1. The smallest absolute Gasteiger partial charge is 0.297 e. The number of benzene rings is 1. The molecule has 0 spiro atoms. The molecule has 1 aromatic carbocycles. The standard InChI is InChI=1S/C21H29NO4/c1-5-6-7-8-12-25-16-9-10-17-18(14-16)22(4)21(24)20(19(17)23)26-13-11-15(2)3/h9-11,14,23H,5-8,12-13H2,1-4H3. The van der Waals surface area contributed by atoms with Crippen LogP contribution in [0.15, 0.2) is 34.6 Å². The van der Waals surface area contributed by atoms with E-state index >= 15 is 0 Å². The molecule has 0 bridgehead atoms. The van der Waals surface area contributed by atoms with Crippen molar-refractivity contribution in [2.75, 3.05) is 13.2 Å². The summed E-state index contributed by atoms with van der Waals surface area (Å²) in [6.07, 6.45) is 6.41. The molecule has 0 aliphatic rings. The number of ether oxygens (including phenoxy) is 2. The predicted octanol–water partition coefficient (Wildman–Crippen LogP) is 4.55. The number of fused-ring (bicyclic) bond motifs is 1. The summed E-state index contributed by atoms with van der Waals surface area (Å²) in [5.41, 5.74) is 1.34. The van der Waals surface area contributed by atoms with Gasteiger partial charge >= 0.3 is 0 Å². The van der Waals surface area contributed by atoms with Gasteiger partial charge in [0.05, 0.1) is 12.1 Å². The lowest BCUT2D eigenvalue weighted by atomic mass is 10.1. The van der Waals surface area contributed by atoms with Crippen LogP contribution in [0.5, 0.6) is 17.2 Å². The normalized spacial score (nSPS) is 10.8. The Labute approximate surface area is 154 Å². The summed E-state index contributed by atoms with van der Waals surface area (Å²) in [5, 5.41) is 11.1. The lowest BCUT2D eigenvalue weighted by molar-refractivity contribution is 0.305. The van der Waals surface area contributed by atoms with E-state index in [-0.39, 0.29) is 23.7 Å². The average Bonchev–Trinajstić information content (AvgIpc) is 2.62. The van der Waals surface area contributed by atoms with E-state index in [2.05, 4.69) is 6.92 Å². The lowest BCUT2D eigenvalue weighted by Gasteiger charge is -2.13. The maximum absolute atomic E-state index is 12.5. The summed E-state index contributed by atoms with van der Waals surface area (Å²) in [6.45, 7) is 6.97. The molecule has 0 radical (unpaired) electrons. The van der Waals surface area contributed by atoms with Crippen LogP contribution >= 0.6 is 0 Å². The van der Waals surface area contributed by atoms with Gasteiger partial charge in [-0.2, -0.15) is 0 Å². The van der Waals surface area contributed by atoms with Crippen molar-refractivity contribution in [1.82, 2.24) is 4.57 Å². The summed E-state index contributed by atoms with van der Waals surface area (Å²) in [6, 6.07) is 5.36. The van der Waals surface area contributed by atoms with Crippen LogP contribution in [0.25, 0.3) is 10.9 Å². The van der Waals surface area contributed by atoms with E-state index in [9.17, 15) is 9.90 Å². The van der Waals surface area contributed by atoms with Crippen LogP contribution in [0.2, 0.25) is 0 Å². The SMILES string of the molecule is CCCCCCOc1ccc2c(O)c(OCC=C(C)C)c(=O)n(C)c2c1. The van der Waals surface area contributed by atoms with Crippen LogP contribution < -0.4 is 15.0 Å². The molecule has 0 aliphatic carbocycles. The van der Waals surface area contributed by atoms with Gasteiger partial charge in [0.15, 0.2) is 5.75 Å². The number of rotatable bonds is 9. The fourth-order valence-corrected chi connectivity index (χ4v) is 2.70. The fourth-order valence-electron chi connectivity index (χ4n) is 2.70. The summed E-state index contributed by atoms with van der Waals surface area (Å²) in [7, 11) is 1.67. The molecule has 2 rings (SSSR count). The molecule has 0 saturated carbocycles. The number of aryl methyl sites for hydroxylation is 1. The maximum Gasteiger partial charge on any atom is 0.297 e. The number of unbranched alkanes of at least 4 members (excludes halogenated alkanes) is 3. The highest BCUT2D eigenvalue weighted by atomic mass is 16.5. The second-order valence-corrected chi connectivity index (χ2v) is 6.72. The molecule has 0 fully saturated rings. The van der Waals surface area contributed by atoms with E-state index in [4.69, 9.17) is 9.47 Å². The van der Waals surface area contributed by atoms with Crippen molar-refractivity contribution in [3.05, 3.63) is 40.2 Å². The predicted molar refractivity (Wildman–Crippen MR) is 105 cm³/mol. The van der Waals surface area contributed by atoms with Crippen LogP contribution in [-0.2, 0) is 7.05 Å². The van der Waals surface area contributed by atoms with E-state index in [1.807, 2.05) is 26.0 Å². The zero-order chi connectivity index (χ0) is 19.1. The molecular weight excluding hydrogens is 330 g/mol. The molecule has 0 aliphatic heterocycles. The van der Waals surface area contributed by atoms with Crippen molar-refractivity contribution in [3.63, 3.8) is 0 Å². The molecule has 26 heavy (non-hydrogen) atoms. The summed E-state index contributed by atoms with van der Waals surface area (Å²) >= 11 is 0. The minimum absolute atomic E-state index is 0.0225. The highest BCUT2D eigenvalue weighted by Gasteiger charge is 2.16. The van der Waals surface area contributed by atoms with E-state index in [0.717, 1.165) is 18.4 Å². The monoisotopic (exact) mass is 359 g/mol. The van der Waals surface area contributed by atoms with Crippen molar-refractivity contribution in [2.24, 2.45) is 7.05 Å². The van der Waals surface area contributed by atoms with Gasteiger partial charge < -0.3 is 19.1 Å². The van der Waals surface area contributed by atoms with Crippen LogP contribution in [0.4, 0.5) is 0 Å². The molecule has 0 atom stereocenters. The fraction of sp³-hybridized carbons (Fsp3) is 0.476. The molecule has 2 aromatic rings. The van der Waals surface area contributed by atoms with Crippen LogP contribution in [0, 0.1) is 0 Å². The highest BCUT2D eigenvalue weighted by molar-refractivity contribution is 5.88. The van der Waals surface area contributed by atoms with Gasteiger partial charge in [0.1, 0.15) is 12.4 Å². The van der Waals surface area contributed by atoms with Gasteiger partial charge in [-0.25, -0.2) is 0 Å². The van der Waals surface area contributed by atoms with Gasteiger partial charge in [-0.05, 0) is 38.5 Å². The number of nitrogens with zero attached hydrogens (tertiary/aromatic N) is 1. The molecule has 1 heterocycles. The van der Waals surface area contributed by atoms with Crippen LogP contribution in [0.1, 0.15) is 46.5 Å². The molecule has 142 valence electrons. The topological polar surface area (TPSA) is 60.7 Å². The third-order valence-corrected chi connectivity index (χ3v) is 4.29. The number of aromatic hydroxyl groups is 1. The quantitative estimate of drug-likeness (QED) is 0.527. The van der Waals surface area contributed by atoms with E-state index in [1.54, 1.807) is 19.2 Å². The van der Waals surface area contributed by atoms with Gasteiger partial charge in [0, 0.05) is 18.5 Å². The first-order valence-electron chi connectivity index (χ1n) is 9.20. The summed E-state index contributed by atoms with van der Waals surface area (Å²) < 4.78 is 12.8. The Morgan fingerprint density at radius 3 is 2.65 bits per heavy atom. The second kappa shape index (κ2) is 9.32. The Hall–Kier alpha value is -2.43. The first-order chi connectivity index (χ1) is 12.5. The van der Waals surface area contributed by atoms with E-state index < -0.39 is 0 Å². The van der Waals surface area contributed by atoms with E-state index in [1.165, 1.54) is 17.4 Å². The van der Waals surface area contributed by atoms with Gasteiger partial charge in [0.25, 0.3) is 5.56 Å². The van der Waals surface area contributed by atoms with Crippen molar-refractivity contribution in [2.45, 2.75) is 46.5 Å². The summed E-state index contributed by atoms with van der Waals surface area (Å²) in [5.74, 6) is 0.548. The first kappa shape index (κ1) is 19.9. The average molecular weight is 359 g/mol. The Balaban J connectivity index is 2.25. The zero-order valence-electron chi connectivity index (χ0n) is 16.2. The van der Waals surface area contributed by atoms with Gasteiger partial charge in [-0.3, -0.25) is 4.79 Å². The maximum atomic E-state index is 12.5. The Morgan fingerprint density at radius 2 is 1.96 bits per heavy atom. The lowest BCUT2D eigenvalue weighted by Crippen LogP contribution is -2.20. The number of aromatic nitrogens is 1. The number of hydrogen-bond donors (Lipinski definition) is 1. The number of pyridine rings is 1. The van der Waals surface area contributed by atoms with Crippen molar-refractivity contribution in [3.8, 4) is 17.2 Å². The third-order valence-electron chi connectivity index (χ3n) is 4.29. The molecule has 0 amide bonds. The molecule has 5 heteroatoms. The molecule has 0 unspecified atom stereocenters. The highest BCUT2D eigenvalue weighted by Crippen LogP contribution is 2.33. The Kier molecular flexibility index (Phi) is 7.13. The minimum Gasteiger partial charge on any atom is -0.504 e. The van der Waals surface area contributed by atoms with Crippen LogP contribution in [0.3, 0.4) is 0 Å². The van der Waals surface area contributed by atoms with Gasteiger partial charge in [0.2, 0.25) is 5.75 Å². The first-order valence-corrected chi connectivity index (χ1v) is 9.20. The Morgan fingerprint density at radius 1 is 1.19 bits per heavy atom. The largest absolute Gasteiger partial charge is 0.504 e. The van der Waals surface area contributed by atoms with Crippen molar-refractivity contribution in [1.29, 1.82) is 0 Å². The minimum atomic E-state index is -0.364. The van der Waals surface area contributed by atoms with Crippen LogP contribution in [-0.4, -0.2) is 22.9 Å².